The van der Waals surface area contributed by atoms with Crippen LogP contribution in [0.5, 0.6) is 5.75 Å². The molecule has 0 fully saturated rings. The van der Waals surface area contributed by atoms with Gasteiger partial charge >= 0.3 is 0 Å². The number of carbonyl (C=O) groups excluding carboxylic acids is 1. The zero-order valence-corrected chi connectivity index (χ0v) is 19.0. The molecule has 29 heavy (non-hydrogen) atoms. The van der Waals surface area contributed by atoms with Crippen molar-refractivity contribution >= 4 is 32.4 Å². The molecule has 1 aromatic carbocycles. The third kappa shape index (κ3) is 6.17. The molecule has 0 aliphatic rings. The maximum atomic E-state index is 13.0. The first-order valence-corrected chi connectivity index (χ1v) is 12.1. The van der Waals surface area contributed by atoms with E-state index in [0.717, 1.165) is 37.0 Å². The molecule has 0 spiro atoms. The number of hydrogen-bond donors (Lipinski definition) is 1. The second kappa shape index (κ2) is 10.6. The number of aryl methyl sites for hydroxylation is 1. The molecule has 1 amide bonds. The van der Waals surface area contributed by atoms with E-state index in [0.29, 0.717) is 29.4 Å². The fourth-order valence-electron chi connectivity index (χ4n) is 2.72. The second-order valence-electron chi connectivity index (χ2n) is 6.71. The SMILES string of the molecule is CCCCN(CCCC)C(=O)c1sc(NS(=O)(=O)c2ccc(OC)cc2)nc1C. The Bertz CT molecular complexity index is 900. The van der Waals surface area contributed by atoms with Gasteiger partial charge in [0.2, 0.25) is 0 Å². The number of amides is 1. The van der Waals surface area contributed by atoms with E-state index >= 15 is 0 Å². The molecular weight excluding hydrogens is 410 g/mol. The molecule has 0 bridgehead atoms. The van der Waals surface area contributed by atoms with Crippen molar-refractivity contribution in [2.24, 2.45) is 0 Å². The van der Waals surface area contributed by atoms with Gasteiger partial charge in [-0.2, -0.15) is 0 Å². The summed E-state index contributed by atoms with van der Waals surface area (Å²) in [6, 6.07) is 6.09. The number of nitrogens with one attached hydrogen (secondary N) is 1. The lowest BCUT2D eigenvalue weighted by molar-refractivity contribution is 0.0755. The van der Waals surface area contributed by atoms with E-state index in [9.17, 15) is 13.2 Å². The number of hydrogen-bond acceptors (Lipinski definition) is 6. The number of methoxy groups -OCH3 is 1. The first kappa shape index (κ1) is 23.2. The van der Waals surface area contributed by atoms with Gasteiger partial charge in [0.25, 0.3) is 15.9 Å². The lowest BCUT2D eigenvalue weighted by Crippen LogP contribution is -2.32. The molecule has 0 unspecified atom stereocenters. The van der Waals surface area contributed by atoms with Crippen LogP contribution in [0.25, 0.3) is 0 Å². The van der Waals surface area contributed by atoms with E-state index in [4.69, 9.17) is 4.74 Å². The Morgan fingerprint density at radius 2 is 1.72 bits per heavy atom. The lowest BCUT2D eigenvalue weighted by atomic mass is 10.2. The molecule has 0 aliphatic carbocycles. The normalized spacial score (nSPS) is 11.3. The van der Waals surface area contributed by atoms with Gasteiger partial charge in [-0.05, 0) is 44.0 Å². The van der Waals surface area contributed by atoms with Gasteiger partial charge in [0.05, 0.1) is 17.7 Å². The zero-order chi connectivity index (χ0) is 21.4. The number of ether oxygens (including phenoxy) is 1. The van der Waals surface area contributed by atoms with Crippen LogP contribution in [-0.2, 0) is 10.0 Å². The van der Waals surface area contributed by atoms with Crippen molar-refractivity contribution in [3.8, 4) is 5.75 Å². The van der Waals surface area contributed by atoms with Crippen LogP contribution >= 0.6 is 11.3 Å². The van der Waals surface area contributed by atoms with E-state index in [1.807, 2.05) is 4.90 Å². The summed E-state index contributed by atoms with van der Waals surface area (Å²) >= 11 is 1.07. The second-order valence-corrected chi connectivity index (χ2v) is 9.40. The third-order valence-electron chi connectivity index (χ3n) is 4.43. The van der Waals surface area contributed by atoms with Crippen molar-refractivity contribution in [3.05, 3.63) is 34.8 Å². The molecule has 1 aromatic heterocycles. The van der Waals surface area contributed by atoms with Gasteiger partial charge in [-0.3, -0.25) is 9.52 Å². The Hall–Kier alpha value is -2.13. The topological polar surface area (TPSA) is 88.6 Å². The van der Waals surface area contributed by atoms with E-state index in [2.05, 4.69) is 23.6 Å². The molecule has 7 nitrogen and oxygen atoms in total. The zero-order valence-electron chi connectivity index (χ0n) is 17.4. The molecule has 160 valence electrons. The average Bonchev–Trinajstić information content (AvgIpc) is 3.07. The van der Waals surface area contributed by atoms with Crippen molar-refractivity contribution in [2.45, 2.75) is 51.3 Å². The van der Waals surface area contributed by atoms with Gasteiger partial charge in [-0.25, -0.2) is 13.4 Å². The third-order valence-corrected chi connectivity index (χ3v) is 6.98. The molecule has 0 atom stereocenters. The number of aromatic nitrogens is 1. The van der Waals surface area contributed by atoms with Crippen LogP contribution in [0.1, 0.15) is 54.9 Å². The molecule has 2 aromatic rings. The van der Waals surface area contributed by atoms with E-state index in [-0.39, 0.29) is 15.9 Å². The minimum atomic E-state index is -3.80. The van der Waals surface area contributed by atoms with Crippen LogP contribution in [0.4, 0.5) is 5.13 Å². The quantitative estimate of drug-likeness (QED) is 0.564. The highest BCUT2D eigenvalue weighted by molar-refractivity contribution is 7.93. The van der Waals surface area contributed by atoms with Gasteiger partial charge in [-0.15, -0.1) is 0 Å². The summed E-state index contributed by atoms with van der Waals surface area (Å²) in [5.41, 5.74) is 0.533. The summed E-state index contributed by atoms with van der Waals surface area (Å²) < 4.78 is 32.8. The Morgan fingerprint density at radius 1 is 1.14 bits per heavy atom. The molecule has 0 radical (unpaired) electrons. The molecule has 9 heteroatoms. The summed E-state index contributed by atoms with van der Waals surface area (Å²) in [6.45, 7) is 7.30. The van der Waals surface area contributed by atoms with Crippen molar-refractivity contribution in [1.29, 1.82) is 0 Å². The van der Waals surface area contributed by atoms with Crippen molar-refractivity contribution < 1.29 is 17.9 Å². The van der Waals surface area contributed by atoms with Gasteiger partial charge in [0.1, 0.15) is 10.6 Å². The molecule has 0 saturated heterocycles. The molecule has 2 rings (SSSR count). The Balaban J connectivity index is 2.20. The summed E-state index contributed by atoms with van der Waals surface area (Å²) in [7, 11) is -2.28. The highest BCUT2D eigenvalue weighted by atomic mass is 32.2. The maximum absolute atomic E-state index is 13.0. The molecule has 1 N–H and O–H groups in total. The number of nitrogens with zero attached hydrogens (tertiary/aromatic N) is 2. The molecular formula is C20H29N3O4S2. The number of thiazole rings is 1. The average molecular weight is 440 g/mol. The number of benzene rings is 1. The first-order valence-electron chi connectivity index (χ1n) is 9.76. The minimum Gasteiger partial charge on any atom is -0.497 e. The van der Waals surface area contributed by atoms with Crippen LogP contribution in [0.2, 0.25) is 0 Å². The predicted octanol–water partition coefficient (Wildman–Crippen LogP) is 4.30. The van der Waals surface area contributed by atoms with Crippen LogP contribution in [0, 0.1) is 6.92 Å². The van der Waals surface area contributed by atoms with E-state index < -0.39 is 10.0 Å². The number of sulfonamides is 1. The summed E-state index contributed by atoms with van der Waals surface area (Å²) in [4.78, 5) is 19.7. The first-order chi connectivity index (χ1) is 13.8. The van der Waals surface area contributed by atoms with Gasteiger partial charge < -0.3 is 9.64 Å². The van der Waals surface area contributed by atoms with E-state index in [1.165, 1.54) is 19.2 Å². The predicted molar refractivity (Wildman–Crippen MR) is 116 cm³/mol. The number of unbranched alkanes of at least 4 members (excludes halogenated alkanes) is 2. The van der Waals surface area contributed by atoms with Crippen LogP contribution in [0.15, 0.2) is 29.2 Å². The van der Waals surface area contributed by atoms with Crippen LogP contribution in [-0.4, -0.2) is 44.4 Å². The number of carbonyl (C=O) groups is 1. The standard InChI is InChI=1S/C20H29N3O4S2/c1-5-7-13-23(14-8-6-2)19(24)18-15(3)21-20(28-18)22-29(25,26)17-11-9-16(27-4)10-12-17/h9-12H,5-8,13-14H2,1-4H3,(H,21,22). The molecule has 0 saturated carbocycles. The molecule has 1 heterocycles. The van der Waals surface area contributed by atoms with Gasteiger partial charge in [-0.1, -0.05) is 38.0 Å². The van der Waals surface area contributed by atoms with Crippen molar-refractivity contribution in [3.63, 3.8) is 0 Å². The number of anilines is 1. The Kier molecular flexibility index (Phi) is 8.45. The molecule has 0 aliphatic heterocycles. The number of rotatable bonds is 11. The summed E-state index contributed by atoms with van der Waals surface area (Å²) in [6.07, 6.45) is 3.88. The fraction of sp³-hybridized carbons (Fsp3) is 0.500. The lowest BCUT2D eigenvalue weighted by Gasteiger charge is -2.21. The fourth-order valence-corrected chi connectivity index (χ4v) is 4.89. The Morgan fingerprint density at radius 3 is 2.24 bits per heavy atom. The van der Waals surface area contributed by atoms with Gasteiger partial charge in [0, 0.05) is 13.1 Å². The monoisotopic (exact) mass is 439 g/mol. The minimum absolute atomic E-state index is 0.0863. The van der Waals surface area contributed by atoms with Crippen LogP contribution in [0.3, 0.4) is 0 Å². The highest BCUT2D eigenvalue weighted by Gasteiger charge is 2.23. The van der Waals surface area contributed by atoms with Crippen molar-refractivity contribution in [1.82, 2.24) is 9.88 Å². The van der Waals surface area contributed by atoms with Crippen molar-refractivity contribution in [2.75, 3.05) is 24.9 Å². The smallest absolute Gasteiger partial charge is 0.265 e. The van der Waals surface area contributed by atoms with Gasteiger partial charge in [0.15, 0.2) is 5.13 Å². The summed E-state index contributed by atoms with van der Waals surface area (Å²) in [5.74, 6) is 0.484. The largest absolute Gasteiger partial charge is 0.497 e. The Labute approximate surface area is 177 Å². The summed E-state index contributed by atoms with van der Waals surface area (Å²) in [5, 5.41) is 0.188. The van der Waals surface area contributed by atoms with Crippen LogP contribution < -0.4 is 9.46 Å². The maximum Gasteiger partial charge on any atom is 0.265 e. The van der Waals surface area contributed by atoms with E-state index in [1.54, 1.807) is 19.1 Å². The highest BCUT2D eigenvalue weighted by Crippen LogP contribution is 2.27.